The molecule has 1 aliphatic rings. The van der Waals surface area contributed by atoms with Crippen LogP contribution < -0.4 is 5.32 Å². The summed E-state index contributed by atoms with van der Waals surface area (Å²) in [5.41, 5.74) is 5.30. The molecule has 0 radical (unpaired) electrons. The van der Waals surface area contributed by atoms with Gasteiger partial charge in [0.15, 0.2) is 0 Å². The zero-order valence-corrected chi connectivity index (χ0v) is 23.9. The van der Waals surface area contributed by atoms with Gasteiger partial charge in [0.2, 0.25) is 0 Å². The molecule has 0 spiro atoms. The molecule has 7 heteroatoms. The Labute approximate surface area is 241 Å². The number of carbonyl (C=O) groups excluding carboxylic acids is 1. The Morgan fingerprint density at radius 1 is 1.12 bits per heavy atom. The number of rotatable bonds is 8. The second kappa shape index (κ2) is 13.8. The number of piperazine rings is 1. The molecule has 2 heterocycles. The van der Waals surface area contributed by atoms with Crippen molar-refractivity contribution in [3.8, 4) is 11.8 Å². The molecule has 0 saturated carbocycles. The number of aromatic nitrogens is 1. The van der Waals surface area contributed by atoms with E-state index in [1.807, 2.05) is 12.1 Å². The highest BCUT2D eigenvalue weighted by Crippen LogP contribution is 2.33. The van der Waals surface area contributed by atoms with Gasteiger partial charge in [-0.3, -0.25) is 9.78 Å². The lowest BCUT2D eigenvalue weighted by molar-refractivity contribution is -0.126. The van der Waals surface area contributed by atoms with Gasteiger partial charge in [-0.05, 0) is 61.6 Å². The van der Waals surface area contributed by atoms with Crippen LogP contribution in [0.2, 0.25) is 5.02 Å². The summed E-state index contributed by atoms with van der Waals surface area (Å²) >= 11 is 6.57. The van der Waals surface area contributed by atoms with Gasteiger partial charge in [0, 0.05) is 55.6 Å². The van der Waals surface area contributed by atoms with Crippen LogP contribution in [0.5, 0.6) is 0 Å². The molecule has 1 amide bonds. The van der Waals surface area contributed by atoms with Crippen LogP contribution in [0.3, 0.4) is 0 Å². The van der Waals surface area contributed by atoms with Crippen LogP contribution >= 0.6 is 11.6 Å². The van der Waals surface area contributed by atoms with Gasteiger partial charge in [-0.15, -0.1) is 0 Å². The van der Waals surface area contributed by atoms with E-state index < -0.39 is 0 Å². The lowest BCUT2D eigenvalue weighted by Gasteiger charge is -2.35. The first-order valence-corrected chi connectivity index (χ1v) is 13.9. The molecule has 1 aliphatic heterocycles. The molecule has 3 aromatic rings. The lowest BCUT2D eigenvalue weighted by atomic mass is 10.0. The van der Waals surface area contributed by atoms with Gasteiger partial charge in [0.05, 0.1) is 16.2 Å². The molecular weight excluding hydrogens is 523 g/mol. The molecule has 1 N–H and O–H groups in total. The maximum Gasteiger partial charge on any atom is 0.298 e. The van der Waals surface area contributed by atoms with Crippen LogP contribution in [0.1, 0.15) is 38.3 Å². The number of amides is 1. The summed E-state index contributed by atoms with van der Waals surface area (Å²) in [6.07, 6.45) is 11.0. The average Bonchev–Trinajstić information content (AvgIpc) is 2.97. The molecule has 2 aromatic carbocycles. The number of halogens is 2. The van der Waals surface area contributed by atoms with Crippen molar-refractivity contribution >= 4 is 39.7 Å². The van der Waals surface area contributed by atoms with Crippen molar-refractivity contribution < 1.29 is 9.18 Å². The minimum absolute atomic E-state index is 0.107. The highest BCUT2D eigenvalue weighted by Gasteiger charge is 2.19. The highest BCUT2D eigenvalue weighted by atomic mass is 35.5. The molecule has 0 unspecified atom stereocenters. The van der Waals surface area contributed by atoms with Crippen molar-refractivity contribution in [2.24, 2.45) is 0 Å². The fourth-order valence-electron chi connectivity index (χ4n) is 4.61. The third kappa shape index (κ3) is 7.11. The van der Waals surface area contributed by atoms with Crippen molar-refractivity contribution in [1.29, 1.82) is 0 Å². The van der Waals surface area contributed by atoms with Gasteiger partial charge in [-0.1, -0.05) is 66.9 Å². The van der Waals surface area contributed by atoms with Crippen LogP contribution in [-0.4, -0.2) is 46.9 Å². The largest absolute Gasteiger partial charge is 0.379 e. The monoisotopic (exact) mass is 556 g/mol. The Bertz CT molecular complexity index is 1520. The number of allylic oxidation sites excluding steroid dienone is 6. The molecule has 206 valence electrons. The van der Waals surface area contributed by atoms with E-state index in [2.05, 4.69) is 77.3 Å². The summed E-state index contributed by atoms with van der Waals surface area (Å²) in [5.74, 6) is 4.95. The normalized spacial score (nSPS) is 14.4. The van der Waals surface area contributed by atoms with E-state index in [0.717, 1.165) is 52.9 Å². The minimum atomic E-state index is -0.259. The lowest BCUT2D eigenvalue weighted by Crippen LogP contribution is -2.47. The van der Waals surface area contributed by atoms with Gasteiger partial charge in [0.1, 0.15) is 5.82 Å². The SMILES string of the molecule is CC#CC(=O)N1CCN(/C(C)=C/C=C(\C=C\CC)c2ccc3ncc(Cl)c(NCc4ccccc4F)c3c2)CC1. The Hall–Kier alpha value is -4.08. The molecular formula is C33H34ClFN4O. The van der Waals surface area contributed by atoms with Gasteiger partial charge in [-0.25, -0.2) is 4.39 Å². The topological polar surface area (TPSA) is 48.5 Å². The predicted octanol–water partition coefficient (Wildman–Crippen LogP) is 7.06. The highest BCUT2D eigenvalue weighted by molar-refractivity contribution is 6.34. The summed E-state index contributed by atoms with van der Waals surface area (Å²) in [4.78, 5) is 20.7. The zero-order chi connectivity index (χ0) is 28.5. The van der Waals surface area contributed by atoms with Crippen LogP contribution in [-0.2, 0) is 11.3 Å². The Kier molecular flexibility index (Phi) is 9.99. The van der Waals surface area contributed by atoms with E-state index in [4.69, 9.17) is 11.6 Å². The average molecular weight is 557 g/mol. The second-order valence-electron chi connectivity index (χ2n) is 9.55. The summed E-state index contributed by atoms with van der Waals surface area (Å²) < 4.78 is 14.2. The van der Waals surface area contributed by atoms with Crippen molar-refractivity contribution in [1.82, 2.24) is 14.8 Å². The molecule has 40 heavy (non-hydrogen) atoms. The van der Waals surface area contributed by atoms with Crippen molar-refractivity contribution in [2.45, 2.75) is 33.7 Å². The molecule has 4 rings (SSSR count). The number of hydrogen-bond donors (Lipinski definition) is 1. The molecule has 0 atom stereocenters. The number of nitrogens with one attached hydrogen (secondary N) is 1. The van der Waals surface area contributed by atoms with Crippen LogP contribution in [0.15, 0.2) is 78.7 Å². The maximum absolute atomic E-state index is 14.2. The van der Waals surface area contributed by atoms with Crippen molar-refractivity contribution in [3.05, 3.63) is 101 Å². The van der Waals surface area contributed by atoms with Crippen LogP contribution in [0.4, 0.5) is 10.1 Å². The summed E-state index contributed by atoms with van der Waals surface area (Å²) in [7, 11) is 0. The van der Waals surface area contributed by atoms with Gasteiger partial charge in [0.25, 0.3) is 5.91 Å². The molecule has 0 aliphatic carbocycles. The number of pyridine rings is 1. The van der Waals surface area contributed by atoms with E-state index >= 15 is 0 Å². The number of nitrogens with zero attached hydrogens (tertiary/aromatic N) is 3. The fraction of sp³-hybridized carbons (Fsp3) is 0.273. The summed E-state index contributed by atoms with van der Waals surface area (Å²) in [5, 5.41) is 4.68. The van der Waals surface area contributed by atoms with E-state index in [-0.39, 0.29) is 11.7 Å². The molecule has 1 saturated heterocycles. The van der Waals surface area contributed by atoms with Gasteiger partial charge in [-0.2, -0.15) is 0 Å². The third-order valence-electron chi connectivity index (χ3n) is 6.90. The van der Waals surface area contributed by atoms with Gasteiger partial charge >= 0.3 is 0 Å². The third-order valence-corrected chi connectivity index (χ3v) is 7.19. The summed E-state index contributed by atoms with van der Waals surface area (Å²) in [6, 6.07) is 12.8. The Morgan fingerprint density at radius 2 is 1.88 bits per heavy atom. The van der Waals surface area contributed by atoms with E-state index in [0.29, 0.717) is 30.2 Å². The smallest absolute Gasteiger partial charge is 0.298 e. The maximum atomic E-state index is 14.2. The molecule has 0 bridgehead atoms. The Balaban J connectivity index is 1.60. The first-order valence-electron chi connectivity index (χ1n) is 13.5. The number of fused-ring (bicyclic) bond motifs is 1. The standard InChI is InChI=1S/C33H34ClFN4O/c1-4-6-10-25(14-13-24(3)38-17-19-39(20-18-38)32(40)9-5-2)26-15-16-31-28(21-26)33(29(34)23-36-31)37-22-27-11-7-8-12-30(27)35/h6-8,10-16,21,23H,4,17-20,22H2,1-3H3,(H,36,37)/b10-6+,24-13+,25-14+. The molecule has 1 aromatic heterocycles. The zero-order valence-electron chi connectivity index (χ0n) is 23.2. The summed E-state index contributed by atoms with van der Waals surface area (Å²) in [6.45, 7) is 9.04. The molecule has 5 nitrogen and oxygen atoms in total. The minimum Gasteiger partial charge on any atom is -0.379 e. The molecule has 1 fully saturated rings. The number of benzene rings is 2. The number of carbonyl (C=O) groups is 1. The predicted molar refractivity (Wildman–Crippen MR) is 163 cm³/mol. The van der Waals surface area contributed by atoms with E-state index in [9.17, 15) is 9.18 Å². The van der Waals surface area contributed by atoms with Crippen molar-refractivity contribution in [2.75, 3.05) is 31.5 Å². The van der Waals surface area contributed by atoms with Crippen molar-refractivity contribution in [3.63, 3.8) is 0 Å². The second-order valence-corrected chi connectivity index (χ2v) is 9.96. The van der Waals surface area contributed by atoms with Gasteiger partial charge < -0.3 is 15.1 Å². The van der Waals surface area contributed by atoms with E-state index in [1.165, 1.54) is 6.07 Å². The first-order chi connectivity index (χ1) is 19.4. The fourth-order valence-corrected chi connectivity index (χ4v) is 4.83. The number of anilines is 1. The Morgan fingerprint density at radius 3 is 2.60 bits per heavy atom. The van der Waals surface area contributed by atoms with Crippen LogP contribution in [0.25, 0.3) is 16.5 Å². The first kappa shape index (κ1) is 28.9. The number of hydrogen-bond acceptors (Lipinski definition) is 4. The van der Waals surface area contributed by atoms with E-state index in [1.54, 1.807) is 30.2 Å². The quantitative estimate of drug-likeness (QED) is 0.238. The van der Waals surface area contributed by atoms with Crippen LogP contribution in [0, 0.1) is 17.7 Å².